The molecule has 1 aliphatic carbocycles. The van der Waals surface area contributed by atoms with E-state index >= 15 is 0 Å². The summed E-state index contributed by atoms with van der Waals surface area (Å²) < 4.78 is 21.7. The fourth-order valence-corrected chi connectivity index (χ4v) is 4.95. The number of thioether (sulfide) groups is 1. The number of ether oxygens (including phenoxy) is 1. The molecule has 1 aliphatic rings. The van der Waals surface area contributed by atoms with E-state index in [-0.39, 0.29) is 29.1 Å². The lowest BCUT2D eigenvalue weighted by molar-refractivity contribution is -0.384. The highest BCUT2D eigenvalue weighted by Crippen LogP contribution is 2.38. The number of rotatable bonds is 8. The van der Waals surface area contributed by atoms with Crippen LogP contribution in [0.2, 0.25) is 0 Å². The van der Waals surface area contributed by atoms with Gasteiger partial charge in [-0.05, 0) is 38.0 Å². The number of hydrogen-bond donors (Lipinski definition) is 1. The molecule has 0 bridgehead atoms. The van der Waals surface area contributed by atoms with Crippen LogP contribution in [0.1, 0.15) is 38.6 Å². The van der Waals surface area contributed by atoms with Crippen LogP contribution in [-0.4, -0.2) is 38.0 Å². The first-order chi connectivity index (χ1) is 16.4. The zero-order valence-corrected chi connectivity index (χ0v) is 19.5. The van der Waals surface area contributed by atoms with E-state index in [1.165, 1.54) is 43.1 Å². The third-order valence-electron chi connectivity index (χ3n) is 5.77. The number of carbonyl (C=O) groups excluding carboxylic acids is 1. The van der Waals surface area contributed by atoms with Crippen LogP contribution in [-0.2, 0) is 4.79 Å². The molecule has 1 heterocycles. The molecule has 1 fully saturated rings. The van der Waals surface area contributed by atoms with E-state index in [0.29, 0.717) is 22.3 Å². The Morgan fingerprint density at radius 3 is 2.68 bits per heavy atom. The average Bonchev–Trinajstić information content (AvgIpc) is 3.49. The summed E-state index contributed by atoms with van der Waals surface area (Å²) in [6.07, 6.45) is 3.98. The topological polar surface area (TPSA) is 112 Å². The first-order valence-corrected chi connectivity index (χ1v) is 11.8. The predicted octanol–water partition coefficient (Wildman–Crippen LogP) is 5.24. The molecule has 2 aromatic carbocycles. The van der Waals surface area contributed by atoms with Crippen LogP contribution in [0.3, 0.4) is 0 Å². The summed E-state index contributed by atoms with van der Waals surface area (Å²) in [6.45, 7) is 1.71. The molecule has 1 saturated carbocycles. The molecule has 1 atom stereocenters. The van der Waals surface area contributed by atoms with E-state index in [9.17, 15) is 19.3 Å². The second kappa shape index (κ2) is 10.2. The fourth-order valence-electron chi connectivity index (χ4n) is 4.03. The number of anilines is 1. The molecular formula is C23H24FN5O4S. The molecule has 0 saturated heterocycles. The van der Waals surface area contributed by atoms with Crippen molar-refractivity contribution in [1.29, 1.82) is 0 Å². The first-order valence-electron chi connectivity index (χ1n) is 10.9. The summed E-state index contributed by atoms with van der Waals surface area (Å²) in [7, 11) is 1.42. The number of nitrogens with one attached hydrogen (secondary N) is 1. The number of methoxy groups -OCH3 is 1. The largest absolute Gasteiger partial charge is 0.495 e. The van der Waals surface area contributed by atoms with Crippen molar-refractivity contribution >= 4 is 29.0 Å². The zero-order chi connectivity index (χ0) is 24.2. The third kappa shape index (κ3) is 4.89. The second-order valence-corrected chi connectivity index (χ2v) is 9.29. The van der Waals surface area contributed by atoms with Gasteiger partial charge in [-0.25, -0.2) is 4.39 Å². The summed E-state index contributed by atoms with van der Waals surface area (Å²) in [6, 6.07) is 10.6. The molecule has 4 rings (SSSR count). The number of nitrogens with zero attached hydrogens (tertiary/aromatic N) is 4. The number of non-ortho nitro benzene ring substituents is 1. The zero-order valence-electron chi connectivity index (χ0n) is 18.7. The van der Waals surface area contributed by atoms with Crippen LogP contribution in [0.15, 0.2) is 47.6 Å². The maximum atomic E-state index is 14.5. The minimum atomic E-state index is -0.609. The molecule has 34 heavy (non-hydrogen) atoms. The maximum absolute atomic E-state index is 14.5. The van der Waals surface area contributed by atoms with E-state index in [4.69, 9.17) is 4.74 Å². The molecule has 178 valence electrons. The molecule has 0 unspecified atom stereocenters. The van der Waals surface area contributed by atoms with Gasteiger partial charge >= 0.3 is 0 Å². The number of benzene rings is 2. The van der Waals surface area contributed by atoms with E-state index in [0.717, 1.165) is 25.7 Å². The first kappa shape index (κ1) is 23.7. The molecule has 0 aliphatic heterocycles. The number of hydrogen-bond acceptors (Lipinski definition) is 7. The van der Waals surface area contributed by atoms with E-state index in [1.54, 1.807) is 25.1 Å². The Morgan fingerprint density at radius 2 is 2.00 bits per heavy atom. The molecule has 0 spiro atoms. The van der Waals surface area contributed by atoms with Crippen molar-refractivity contribution in [2.75, 3.05) is 12.4 Å². The number of carbonyl (C=O) groups is 1. The summed E-state index contributed by atoms with van der Waals surface area (Å²) in [4.78, 5) is 23.5. The SMILES string of the molecule is COc1ccc([N+](=O)[O-])cc1NC(=O)[C@H](C)Sc1nnc(-c2ccccc2F)n1C1CCCC1. The molecule has 1 N–H and O–H groups in total. The highest BCUT2D eigenvalue weighted by molar-refractivity contribution is 8.00. The van der Waals surface area contributed by atoms with Gasteiger partial charge in [0, 0.05) is 18.2 Å². The smallest absolute Gasteiger partial charge is 0.271 e. The number of halogens is 1. The Labute approximate surface area is 199 Å². The van der Waals surface area contributed by atoms with Gasteiger partial charge in [-0.2, -0.15) is 0 Å². The molecule has 1 aromatic heterocycles. The van der Waals surface area contributed by atoms with Crippen LogP contribution in [0.5, 0.6) is 5.75 Å². The average molecular weight is 486 g/mol. The highest BCUT2D eigenvalue weighted by atomic mass is 32.2. The standard InChI is InChI=1S/C23H24FN5O4S/c1-14(22(30)25-19-13-16(29(31)32)11-12-20(19)33-2)34-23-27-26-21(17-9-5-6-10-18(17)24)28(23)15-7-3-4-8-15/h5-6,9-15H,3-4,7-8H2,1-2H3,(H,25,30)/t14-/m0/s1. The monoisotopic (exact) mass is 485 g/mol. The van der Waals surface area contributed by atoms with Crippen molar-refractivity contribution in [3.63, 3.8) is 0 Å². The summed E-state index contributed by atoms with van der Waals surface area (Å²) >= 11 is 1.21. The van der Waals surface area contributed by atoms with Gasteiger partial charge in [0.2, 0.25) is 5.91 Å². The van der Waals surface area contributed by atoms with Crippen molar-refractivity contribution in [1.82, 2.24) is 14.8 Å². The Kier molecular flexibility index (Phi) is 7.11. The fraction of sp³-hybridized carbons (Fsp3) is 0.348. The minimum Gasteiger partial charge on any atom is -0.495 e. The Hall–Kier alpha value is -3.47. The number of nitro benzene ring substituents is 1. The summed E-state index contributed by atoms with van der Waals surface area (Å²) in [5, 5.41) is 22.3. The van der Waals surface area contributed by atoms with Crippen molar-refractivity contribution in [3.8, 4) is 17.1 Å². The van der Waals surface area contributed by atoms with Crippen LogP contribution in [0, 0.1) is 15.9 Å². The number of amides is 1. The lowest BCUT2D eigenvalue weighted by atomic mass is 10.1. The Bertz CT molecular complexity index is 1210. The molecule has 0 radical (unpaired) electrons. The molecule has 11 heteroatoms. The van der Waals surface area contributed by atoms with Crippen molar-refractivity contribution in [2.24, 2.45) is 0 Å². The normalized spacial score (nSPS) is 14.7. The molecular weight excluding hydrogens is 461 g/mol. The van der Waals surface area contributed by atoms with Gasteiger partial charge in [0.05, 0.1) is 28.5 Å². The third-order valence-corrected chi connectivity index (χ3v) is 6.83. The van der Waals surface area contributed by atoms with Gasteiger partial charge < -0.3 is 10.1 Å². The van der Waals surface area contributed by atoms with E-state index in [2.05, 4.69) is 15.5 Å². The van der Waals surface area contributed by atoms with Crippen LogP contribution in [0.25, 0.3) is 11.4 Å². The van der Waals surface area contributed by atoms with E-state index < -0.39 is 10.2 Å². The van der Waals surface area contributed by atoms with Crippen LogP contribution >= 0.6 is 11.8 Å². The number of aromatic nitrogens is 3. The van der Waals surface area contributed by atoms with Gasteiger partial charge in [-0.15, -0.1) is 10.2 Å². The van der Waals surface area contributed by atoms with Crippen molar-refractivity contribution < 1.29 is 18.8 Å². The highest BCUT2D eigenvalue weighted by Gasteiger charge is 2.28. The molecule has 9 nitrogen and oxygen atoms in total. The van der Waals surface area contributed by atoms with Crippen molar-refractivity contribution in [3.05, 3.63) is 58.4 Å². The van der Waals surface area contributed by atoms with Gasteiger partial charge in [0.1, 0.15) is 11.6 Å². The lowest BCUT2D eigenvalue weighted by Gasteiger charge is -2.19. The number of nitro groups is 1. The Morgan fingerprint density at radius 1 is 1.26 bits per heavy atom. The quantitative estimate of drug-likeness (QED) is 0.264. The van der Waals surface area contributed by atoms with Crippen LogP contribution < -0.4 is 10.1 Å². The van der Waals surface area contributed by atoms with Gasteiger partial charge in [-0.1, -0.05) is 36.7 Å². The minimum absolute atomic E-state index is 0.124. The van der Waals surface area contributed by atoms with Crippen molar-refractivity contribution in [2.45, 2.75) is 49.1 Å². The molecule has 3 aromatic rings. The maximum Gasteiger partial charge on any atom is 0.271 e. The van der Waals surface area contributed by atoms with Gasteiger partial charge in [0.15, 0.2) is 11.0 Å². The summed E-state index contributed by atoms with van der Waals surface area (Å²) in [5.41, 5.74) is 0.414. The predicted molar refractivity (Wildman–Crippen MR) is 127 cm³/mol. The second-order valence-electron chi connectivity index (χ2n) is 7.99. The molecule has 1 amide bonds. The van der Waals surface area contributed by atoms with Gasteiger partial charge in [0.25, 0.3) is 5.69 Å². The van der Waals surface area contributed by atoms with Gasteiger partial charge in [-0.3, -0.25) is 19.5 Å². The lowest BCUT2D eigenvalue weighted by Crippen LogP contribution is -2.23. The van der Waals surface area contributed by atoms with Crippen LogP contribution in [0.4, 0.5) is 15.8 Å². The Balaban J connectivity index is 1.59. The van der Waals surface area contributed by atoms with E-state index in [1.807, 2.05) is 4.57 Å². The summed E-state index contributed by atoms with van der Waals surface area (Å²) in [5.74, 6) is -0.000889.